The number of benzene rings is 2. The van der Waals surface area contributed by atoms with E-state index in [1.54, 1.807) is 36.5 Å². The molecule has 4 aromatic rings. The van der Waals surface area contributed by atoms with Crippen molar-refractivity contribution >= 4 is 21.0 Å². The fourth-order valence-electron chi connectivity index (χ4n) is 2.60. The van der Waals surface area contributed by atoms with Crippen molar-refractivity contribution in [1.82, 2.24) is 9.97 Å². The van der Waals surface area contributed by atoms with Gasteiger partial charge < -0.3 is 4.98 Å². The molecule has 0 aliphatic rings. The van der Waals surface area contributed by atoms with E-state index in [0.717, 1.165) is 17.7 Å². The number of pyridine rings is 2. The van der Waals surface area contributed by atoms with E-state index < -0.39 is 21.8 Å². The number of aryl methyl sites for hydroxylation is 1. The third-order valence-electron chi connectivity index (χ3n) is 3.90. The third-order valence-corrected chi connectivity index (χ3v) is 4.79. The zero-order valence-electron chi connectivity index (χ0n) is 15.5. The molecule has 0 bridgehead atoms. The van der Waals surface area contributed by atoms with Crippen LogP contribution < -0.4 is 0 Å². The van der Waals surface area contributed by atoms with Gasteiger partial charge in [0.15, 0.2) is 0 Å². The summed E-state index contributed by atoms with van der Waals surface area (Å²) in [4.78, 5) is 7.76. The van der Waals surface area contributed by atoms with Crippen LogP contribution in [-0.4, -0.2) is 22.9 Å². The molecule has 2 aromatic heterocycles. The van der Waals surface area contributed by atoms with Crippen LogP contribution in [0.25, 0.3) is 22.2 Å². The zero-order valence-corrected chi connectivity index (χ0v) is 18.7. The van der Waals surface area contributed by atoms with E-state index in [-0.39, 0.29) is 36.1 Å². The normalized spacial score (nSPS) is 10.7. The van der Waals surface area contributed by atoms with Gasteiger partial charge in [-0.15, -0.1) is 12.1 Å². The molecule has 9 heteroatoms. The number of para-hydroxylation sites is 1. The minimum Gasteiger partial charge on any atom is -0.305 e. The molecule has 30 heavy (non-hydrogen) atoms. The van der Waals surface area contributed by atoms with Crippen LogP contribution in [0.5, 0.6) is 0 Å². The summed E-state index contributed by atoms with van der Waals surface area (Å²) in [5.41, 5.74) is 1.92. The number of rotatable bonds is 2. The Bertz CT molecular complexity index is 1280. The van der Waals surface area contributed by atoms with Crippen molar-refractivity contribution in [3.8, 4) is 11.3 Å². The first-order valence-electron chi connectivity index (χ1n) is 8.37. The first-order valence-corrected chi connectivity index (χ1v) is 9.81. The van der Waals surface area contributed by atoms with Crippen molar-refractivity contribution in [1.29, 1.82) is 0 Å². The molecule has 0 saturated heterocycles. The summed E-state index contributed by atoms with van der Waals surface area (Å²) in [6.45, 7) is 1.88. The van der Waals surface area contributed by atoms with Crippen molar-refractivity contribution in [2.24, 2.45) is 0 Å². The molecule has 157 valence electrons. The van der Waals surface area contributed by atoms with E-state index >= 15 is 0 Å². The third kappa shape index (κ3) is 5.73. The summed E-state index contributed by atoms with van der Waals surface area (Å²) >= 11 is 0. The van der Waals surface area contributed by atoms with E-state index in [4.69, 9.17) is 4.55 Å². The summed E-state index contributed by atoms with van der Waals surface area (Å²) in [6, 6.07) is 16.1. The zero-order chi connectivity index (χ0) is 21.0. The smallest absolute Gasteiger partial charge is 0.296 e. The predicted octanol–water partition coefficient (Wildman–Crippen LogP) is 4.61. The minimum absolute atomic E-state index is 0. The summed E-state index contributed by atoms with van der Waals surface area (Å²) in [6.07, 6.45) is 3.07. The first kappa shape index (κ1) is 23.7. The molecule has 0 fully saturated rings. The molecule has 4 rings (SSSR count). The van der Waals surface area contributed by atoms with E-state index in [0.29, 0.717) is 11.1 Å². The van der Waals surface area contributed by atoms with Crippen molar-refractivity contribution in [2.75, 3.05) is 0 Å². The number of aromatic nitrogens is 2. The van der Waals surface area contributed by atoms with Crippen LogP contribution in [-0.2, 0) is 30.2 Å². The van der Waals surface area contributed by atoms with Gasteiger partial charge in [-0.2, -0.15) is 8.42 Å². The van der Waals surface area contributed by atoms with Gasteiger partial charge in [-0.05, 0) is 30.8 Å². The van der Waals surface area contributed by atoms with Crippen molar-refractivity contribution in [3.05, 3.63) is 90.3 Å². The topological polar surface area (TPSA) is 80.2 Å². The van der Waals surface area contributed by atoms with Crippen LogP contribution >= 0.6 is 0 Å². The van der Waals surface area contributed by atoms with Crippen LogP contribution in [0.4, 0.5) is 8.78 Å². The van der Waals surface area contributed by atoms with Gasteiger partial charge in [0.1, 0.15) is 4.90 Å². The maximum Gasteiger partial charge on any atom is 0.296 e. The van der Waals surface area contributed by atoms with Crippen LogP contribution in [0.2, 0.25) is 0 Å². The molecule has 0 aliphatic carbocycles. The molecule has 0 spiro atoms. The number of fused-ring (bicyclic) bond motifs is 1. The fraction of sp³-hybridized carbons (Fsp3) is 0.0476. The monoisotopic (exact) mass is 606 g/mol. The van der Waals surface area contributed by atoms with Crippen molar-refractivity contribution < 1.29 is 41.9 Å². The van der Waals surface area contributed by atoms with Crippen molar-refractivity contribution in [2.45, 2.75) is 11.8 Å². The van der Waals surface area contributed by atoms with Crippen LogP contribution in [0.3, 0.4) is 0 Å². The maximum absolute atomic E-state index is 13.4. The second-order valence-electron chi connectivity index (χ2n) is 6.07. The molecular formula is C21H15F2IrN2O3S-. The molecule has 1 N–H and O–H groups in total. The molecule has 0 aliphatic heterocycles. The Morgan fingerprint density at radius 3 is 2.40 bits per heavy atom. The van der Waals surface area contributed by atoms with Gasteiger partial charge in [-0.25, -0.2) is 0 Å². The van der Waals surface area contributed by atoms with Gasteiger partial charge in [-0.3, -0.25) is 18.3 Å². The Balaban J connectivity index is 0.000000207. The van der Waals surface area contributed by atoms with Gasteiger partial charge in [0, 0.05) is 49.5 Å². The van der Waals surface area contributed by atoms with E-state index in [9.17, 15) is 17.2 Å². The molecule has 0 unspecified atom stereocenters. The molecule has 5 nitrogen and oxygen atoms in total. The Labute approximate surface area is 185 Å². The van der Waals surface area contributed by atoms with Crippen molar-refractivity contribution in [3.63, 3.8) is 0 Å². The first-order chi connectivity index (χ1) is 13.8. The Hall–Kier alpha value is -2.58. The summed E-state index contributed by atoms with van der Waals surface area (Å²) < 4.78 is 56.9. The van der Waals surface area contributed by atoms with Crippen LogP contribution in [0, 0.1) is 24.6 Å². The second-order valence-corrected chi connectivity index (χ2v) is 7.46. The van der Waals surface area contributed by atoms with Gasteiger partial charge in [0.2, 0.25) is 0 Å². The van der Waals surface area contributed by atoms with Gasteiger partial charge in [0.25, 0.3) is 10.1 Å². The summed E-state index contributed by atoms with van der Waals surface area (Å²) in [5.74, 6) is -1.28. The Morgan fingerprint density at radius 1 is 1.00 bits per heavy atom. The van der Waals surface area contributed by atoms with Crippen LogP contribution in [0.15, 0.2) is 71.9 Å². The maximum atomic E-state index is 13.4. The van der Waals surface area contributed by atoms with Gasteiger partial charge in [0.05, 0.1) is 5.52 Å². The summed E-state index contributed by atoms with van der Waals surface area (Å²) in [5, 5.41) is 0.683. The molecule has 0 atom stereocenters. The largest absolute Gasteiger partial charge is 0.305 e. The Morgan fingerprint density at radius 2 is 1.73 bits per heavy atom. The molecule has 2 heterocycles. The number of halogens is 2. The fourth-order valence-corrected chi connectivity index (χ4v) is 3.26. The standard InChI is InChI=1S/C12H8F2N.C9H7NO3S.Ir/c1-8-4-5-15-12(6-8)10-3-2-9(13)7-11(10)14;11-14(12,13)8-5-1-3-7-4-2-6-10-9(7)8;/h2,4-7H,1H3;1-6H,(H,11,12,13);/q-1;;. The Kier molecular flexibility index (Phi) is 7.86. The SMILES string of the molecule is Cc1ccnc(-c2[c-]cc(F)cc2F)c1.O=S(=O)(O)c1cccc2cccnc12.[Ir]. The molecule has 0 amide bonds. The number of hydrogen-bond acceptors (Lipinski definition) is 4. The molecule has 0 saturated carbocycles. The van der Waals surface area contributed by atoms with Gasteiger partial charge >= 0.3 is 0 Å². The number of nitrogens with zero attached hydrogens (tertiary/aromatic N) is 2. The predicted molar refractivity (Wildman–Crippen MR) is 105 cm³/mol. The molecule has 1 radical (unpaired) electrons. The average Bonchev–Trinajstić information content (AvgIpc) is 2.67. The van der Waals surface area contributed by atoms with Crippen LogP contribution in [0.1, 0.15) is 5.56 Å². The van der Waals surface area contributed by atoms with E-state index in [1.807, 2.05) is 13.0 Å². The molecule has 2 aromatic carbocycles. The summed E-state index contributed by atoms with van der Waals surface area (Å²) in [7, 11) is -4.19. The van der Waals surface area contributed by atoms with Gasteiger partial charge in [-0.1, -0.05) is 41.5 Å². The van der Waals surface area contributed by atoms with E-state index in [1.165, 1.54) is 12.3 Å². The quantitative estimate of drug-likeness (QED) is 0.267. The number of hydrogen-bond donors (Lipinski definition) is 1. The second kappa shape index (κ2) is 9.95. The molecular weight excluding hydrogens is 591 g/mol. The minimum atomic E-state index is -4.19. The average molecular weight is 606 g/mol. The van der Waals surface area contributed by atoms with E-state index in [2.05, 4.69) is 16.0 Å².